The van der Waals surface area contributed by atoms with E-state index in [9.17, 15) is 4.79 Å². The Hall–Kier alpha value is -0.390. The van der Waals surface area contributed by atoms with Crippen molar-refractivity contribution in [2.75, 3.05) is 20.3 Å². The van der Waals surface area contributed by atoms with Crippen LogP contribution in [-0.2, 0) is 16.0 Å². The lowest BCUT2D eigenvalue weighted by molar-refractivity contribution is -0.121. The van der Waals surface area contributed by atoms with Gasteiger partial charge < -0.3 is 10.1 Å². The number of hydrogen-bond donors (Lipinski definition) is 1. The molecule has 1 N–H and O–H groups in total. The van der Waals surface area contributed by atoms with Crippen LogP contribution in [0, 0.1) is 0 Å². The number of methoxy groups -OCH3 is 1. The normalized spacial score (nSPS) is 12.4. The molecule has 0 fully saturated rings. The van der Waals surface area contributed by atoms with Gasteiger partial charge in [-0.25, -0.2) is 0 Å². The number of carbonyl (C=O) groups is 1. The summed E-state index contributed by atoms with van der Waals surface area (Å²) in [5.74, 6) is 0.113. The van der Waals surface area contributed by atoms with Crippen LogP contribution < -0.4 is 5.32 Å². The summed E-state index contributed by atoms with van der Waals surface area (Å²) in [7, 11) is 1.65. The summed E-state index contributed by atoms with van der Waals surface area (Å²) in [4.78, 5) is 13.0. The molecule has 0 spiro atoms. The Morgan fingerprint density at radius 2 is 2.47 bits per heavy atom. The zero-order chi connectivity index (χ0) is 12.5. The number of amides is 1. The second-order valence-corrected chi connectivity index (χ2v) is 6.12. The third-order valence-electron chi connectivity index (χ3n) is 2.28. The molecule has 0 saturated heterocycles. The summed E-state index contributed by atoms with van der Waals surface area (Å²) < 4.78 is 4.97. The fourth-order valence-electron chi connectivity index (χ4n) is 1.43. The summed E-state index contributed by atoms with van der Waals surface area (Å²) in [6, 6.07) is 4.15. The van der Waals surface area contributed by atoms with Gasteiger partial charge in [0.15, 0.2) is 0 Å². The summed E-state index contributed by atoms with van der Waals surface area (Å²) in [6.07, 6.45) is 2.48. The van der Waals surface area contributed by atoms with Crippen LogP contribution in [-0.4, -0.2) is 31.0 Å². The average Bonchev–Trinajstić information content (AvgIpc) is 2.80. The van der Waals surface area contributed by atoms with Crippen LogP contribution in [0.15, 0.2) is 17.5 Å². The minimum absolute atomic E-state index is 0.113. The van der Waals surface area contributed by atoms with Crippen molar-refractivity contribution in [3.05, 3.63) is 22.4 Å². The molecule has 0 aliphatic carbocycles. The number of halogens is 1. The van der Waals surface area contributed by atoms with Crippen molar-refractivity contribution in [2.24, 2.45) is 0 Å². The third-order valence-corrected chi connectivity index (χ3v) is 3.80. The number of aryl methyl sites for hydroxylation is 1. The smallest absolute Gasteiger partial charge is 0.220 e. The predicted octanol–water partition coefficient (Wildman–Crippen LogP) is 2.60. The average molecular weight is 320 g/mol. The van der Waals surface area contributed by atoms with Crippen LogP contribution in [0.2, 0.25) is 0 Å². The fourth-order valence-corrected chi connectivity index (χ4v) is 2.61. The minimum atomic E-state index is 0.113. The van der Waals surface area contributed by atoms with Crippen molar-refractivity contribution in [2.45, 2.75) is 24.1 Å². The van der Waals surface area contributed by atoms with Gasteiger partial charge in [0.2, 0.25) is 5.91 Å². The second kappa shape index (κ2) is 8.66. The zero-order valence-corrected chi connectivity index (χ0v) is 12.4. The van der Waals surface area contributed by atoms with E-state index in [2.05, 4.69) is 32.7 Å². The van der Waals surface area contributed by atoms with Gasteiger partial charge in [-0.2, -0.15) is 0 Å². The largest absolute Gasteiger partial charge is 0.383 e. The Morgan fingerprint density at radius 1 is 1.65 bits per heavy atom. The third kappa shape index (κ3) is 6.81. The van der Waals surface area contributed by atoms with Gasteiger partial charge in [0.05, 0.1) is 11.4 Å². The Balaban J connectivity index is 2.05. The van der Waals surface area contributed by atoms with Gasteiger partial charge in [0, 0.05) is 25.0 Å². The molecule has 1 aromatic rings. The van der Waals surface area contributed by atoms with Crippen molar-refractivity contribution in [3.8, 4) is 0 Å². The molecule has 1 amide bonds. The first-order valence-electron chi connectivity index (χ1n) is 5.64. The summed E-state index contributed by atoms with van der Waals surface area (Å²) in [6.45, 7) is 1.22. The van der Waals surface area contributed by atoms with Crippen LogP contribution in [0.25, 0.3) is 0 Å². The van der Waals surface area contributed by atoms with Crippen LogP contribution in [0.3, 0.4) is 0 Å². The maximum Gasteiger partial charge on any atom is 0.220 e. The standard InChI is InChI=1S/C12H18BrNO2S/c1-16-9-10(13)8-14-12(15)6-2-4-11-5-3-7-17-11/h3,5,7,10H,2,4,6,8-9H2,1H3,(H,14,15). The molecule has 0 radical (unpaired) electrons. The molecular weight excluding hydrogens is 302 g/mol. The molecular formula is C12H18BrNO2S. The number of rotatable bonds is 8. The highest BCUT2D eigenvalue weighted by Crippen LogP contribution is 2.11. The van der Waals surface area contributed by atoms with E-state index in [-0.39, 0.29) is 10.7 Å². The highest BCUT2D eigenvalue weighted by molar-refractivity contribution is 9.09. The molecule has 0 bridgehead atoms. The lowest BCUT2D eigenvalue weighted by Gasteiger charge is -2.09. The molecule has 1 rings (SSSR count). The van der Waals surface area contributed by atoms with E-state index in [1.807, 2.05) is 6.07 Å². The Bertz CT molecular complexity index is 316. The van der Waals surface area contributed by atoms with Gasteiger partial charge in [0.25, 0.3) is 0 Å². The summed E-state index contributed by atoms with van der Waals surface area (Å²) in [5, 5.41) is 4.95. The van der Waals surface area contributed by atoms with E-state index < -0.39 is 0 Å². The van der Waals surface area contributed by atoms with Crippen LogP contribution in [0.4, 0.5) is 0 Å². The molecule has 0 aliphatic rings. The number of ether oxygens (including phenoxy) is 1. The lowest BCUT2D eigenvalue weighted by atomic mass is 10.2. The van der Waals surface area contributed by atoms with Gasteiger partial charge >= 0.3 is 0 Å². The van der Waals surface area contributed by atoms with Crippen molar-refractivity contribution in [1.29, 1.82) is 0 Å². The van der Waals surface area contributed by atoms with E-state index in [1.54, 1.807) is 18.4 Å². The molecule has 0 aromatic carbocycles. The number of thiophene rings is 1. The Morgan fingerprint density at radius 3 is 3.12 bits per heavy atom. The van der Waals surface area contributed by atoms with E-state index in [0.29, 0.717) is 19.6 Å². The van der Waals surface area contributed by atoms with Gasteiger partial charge in [-0.3, -0.25) is 4.79 Å². The molecule has 1 atom stereocenters. The molecule has 1 heterocycles. The monoisotopic (exact) mass is 319 g/mol. The Labute approximate surface area is 115 Å². The summed E-state index contributed by atoms with van der Waals surface area (Å²) >= 11 is 5.17. The van der Waals surface area contributed by atoms with Crippen molar-refractivity contribution < 1.29 is 9.53 Å². The van der Waals surface area contributed by atoms with E-state index in [1.165, 1.54) is 4.88 Å². The summed E-state index contributed by atoms with van der Waals surface area (Å²) in [5.41, 5.74) is 0. The topological polar surface area (TPSA) is 38.3 Å². The fraction of sp³-hybridized carbons (Fsp3) is 0.583. The predicted molar refractivity (Wildman–Crippen MR) is 74.9 cm³/mol. The number of hydrogen-bond acceptors (Lipinski definition) is 3. The van der Waals surface area contributed by atoms with E-state index in [4.69, 9.17) is 4.74 Å². The molecule has 5 heteroatoms. The quantitative estimate of drug-likeness (QED) is 0.748. The highest BCUT2D eigenvalue weighted by atomic mass is 79.9. The number of nitrogens with one attached hydrogen (secondary N) is 1. The van der Waals surface area contributed by atoms with Crippen LogP contribution >= 0.6 is 27.3 Å². The molecule has 1 aromatic heterocycles. The molecule has 0 saturated carbocycles. The van der Waals surface area contributed by atoms with Gasteiger partial charge in [0.1, 0.15) is 0 Å². The van der Waals surface area contributed by atoms with Crippen LogP contribution in [0.5, 0.6) is 0 Å². The zero-order valence-electron chi connectivity index (χ0n) is 9.95. The lowest BCUT2D eigenvalue weighted by Crippen LogP contribution is -2.31. The minimum Gasteiger partial charge on any atom is -0.383 e. The Kier molecular flexibility index (Phi) is 7.48. The van der Waals surface area contributed by atoms with Crippen molar-refractivity contribution in [1.82, 2.24) is 5.32 Å². The van der Waals surface area contributed by atoms with Gasteiger partial charge in [-0.15, -0.1) is 11.3 Å². The molecule has 3 nitrogen and oxygen atoms in total. The molecule has 17 heavy (non-hydrogen) atoms. The first-order chi connectivity index (χ1) is 8.22. The van der Waals surface area contributed by atoms with Crippen molar-refractivity contribution in [3.63, 3.8) is 0 Å². The highest BCUT2D eigenvalue weighted by Gasteiger charge is 2.06. The van der Waals surface area contributed by atoms with Gasteiger partial charge in [-0.05, 0) is 24.3 Å². The van der Waals surface area contributed by atoms with E-state index in [0.717, 1.165) is 12.8 Å². The molecule has 1 unspecified atom stereocenters. The molecule has 0 aliphatic heterocycles. The first-order valence-corrected chi connectivity index (χ1v) is 7.44. The van der Waals surface area contributed by atoms with E-state index >= 15 is 0 Å². The maximum absolute atomic E-state index is 11.5. The maximum atomic E-state index is 11.5. The first kappa shape index (κ1) is 14.7. The number of alkyl halides is 1. The number of carbonyl (C=O) groups excluding carboxylic acids is 1. The second-order valence-electron chi connectivity index (χ2n) is 3.79. The SMILES string of the molecule is COCC(Br)CNC(=O)CCCc1cccs1. The van der Waals surface area contributed by atoms with Crippen molar-refractivity contribution >= 4 is 33.2 Å². The van der Waals surface area contributed by atoms with Gasteiger partial charge in [-0.1, -0.05) is 22.0 Å². The molecule has 96 valence electrons. The van der Waals surface area contributed by atoms with Crippen LogP contribution in [0.1, 0.15) is 17.7 Å².